The van der Waals surface area contributed by atoms with Gasteiger partial charge in [-0.3, -0.25) is 0 Å². The van der Waals surface area contributed by atoms with Crippen molar-refractivity contribution in [3.63, 3.8) is 0 Å². The maximum Gasteiger partial charge on any atom is 0.252 e. The van der Waals surface area contributed by atoms with Crippen molar-refractivity contribution in [2.45, 2.75) is 26.2 Å². The van der Waals surface area contributed by atoms with Crippen molar-refractivity contribution in [1.82, 2.24) is 0 Å². The molecule has 3 heterocycles. The van der Waals surface area contributed by atoms with Crippen LogP contribution in [0.3, 0.4) is 0 Å². The summed E-state index contributed by atoms with van der Waals surface area (Å²) in [6.07, 6.45) is 0. The zero-order valence-electron chi connectivity index (χ0n) is 42.5. The lowest BCUT2D eigenvalue weighted by molar-refractivity contribution is 0.591. The van der Waals surface area contributed by atoms with Crippen LogP contribution in [0.15, 0.2) is 279 Å². The lowest BCUT2D eigenvalue weighted by Gasteiger charge is -2.46. The second-order valence-electron chi connectivity index (χ2n) is 21.6. The monoisotopic (exact) mass is 990 g/mol. The average molecular weight is 991 g/mol. The quantitative estimate of drug-likeness (QED) is 0.111. The van der Waals surface area contributed by atoms with Crippen molar-refractivity contribution in [3.8, 4) is 11.1 Å². The number of hydrogen-bond donors (Lipinski definition) is 0. The Labute approximate surface area is 444 Å². The minimum atomic E-state index is -3.09. The van der Waals surface area contributed by atoms with E-state index in [1.54, 1.807) is 0 Å². The molecule has 3 aliphatic heterocycles. The van der Waals surface area contributed by atoms with Gasteiger partial charge in [0.05, 0.1) is 0 Å². The maximum atomic E-state index is 2.71. The number of fused-ring (bicyclic) bond motifs is 7. The largest absolute Gasteiger partial charge is 0.311 e. The standard InChI is InChI=1S/C70H55BN2Si2/c1-70(2,3)50-43-44-63-61(45-50)71-62-49-68-60(59-41-25-26-42-67(59)75(68,56-37-21-9-22-38-56)57-39-23-10-24-40-57)48-64(62)73(52-29-13-5-14-30-52)66-47-58(46-65(69(66)71)72(63)51-27-11-4-12-28-51)74(53-31-15-6-16-32-53,54-33-17-7-18-34-54)55-35-19-8-20-36-55/h4-49H,1-3H3. The van der Waals surface area contributed by atoms with Crippen molar-refractivity contribution >= 4 is 115 Å². The molecule has 0 aliphatic carbocycles. The molecule has 0 N–H and O–H groups in total. The molecule has 0 fully saturated rings. The van der Waals surface area contributed by atoms with Crippen molar-refractivity contribution in [1.29, 1.82) is 0 Å². The van der Waals surface area contributed by atoms with Crippen molar-refractivity contribution in [3.05, 3.63) is 285 Å². The van der Waals surface area contributed by atoms with Crippen LogP contribution in [-0.2, 0) is 5.41 Å². The summed E-state index contributed by atoms with van der Waals surface area (Å²) in [4.78, 5) is 5.25. The van der Waals surface area contributed by atoms with Gasteiger partial charge in [0.2, 0.25) is 0 Å². The van der Waals surface area contributed by atoms with E-state index in [2.05, 4.69) is 310 Å². The van der Waals surface area contributed by atoms with Gasteiger partial charge in [-0.1, -0.05) is 251 Å². The molecule has 3 aliphatic rings. The van der Waals surface area contributed by atoms with E-state index in [4.69, 9.17) is 0 Å². The first kappa shape index (κ1) is 45.2. The highest BCUT2D eigenvalue weighted by atomic mass is 28.3. The zero-order chi connectivity index (χ0) is 50.3. The zero-order valence-corrected chi connectivity index (χ0v) is 44.5. The fourth-order valence-electron chi connectivity index (χ4n) is 13.4. The normalized spacial score (nSPS) is 13.8. The number of rotatable bonds is 8. The molecule has 0 bridgehead atoms. The fraction of sp³-hybridized carbons (Fsp3) is 0.0571. The maximum absolute atomic E-state index is 3.09. The molecule has 5 heteroatoms. The van der Waals surface area contributed by atoms with E-state index in [0.29, 0.717) is 0 Å². The summed E-state index contributed by atoms with van der Waals surface area (Å²) in [7, 11) is -5.97. The molecule has 0 amide bonds. The fourth-order valence-corrected chi connectivity index (χ4v) is 23.4. The second kappa shape index (κ2) is 17.6. The summed E-state index contributed by atoms with van der Waals surface area (Å²) in [6.45, 7) is 6.98. The van der Waals surface area contributed by atoms with Crippen molar-refractivity contribution < 1.29 is 0 Å². The van der Waals surface area contributed by atoms with E-state index in [-0.39, 0.29) is 12.1 Å². The van der Waals surface area contributed by atoms with E-state index in [1.165, 1.54) is 97.3 Å². The van der Waals surface area contributed by atoms with E-state index in [1.807, 2.05) is 0 Å². The van der Waals surface area contributed by atoms with Gasteiger partial charge in [0, 0.05) is 34.1 Å². The molecule has 0 radical (unpaired) electrons. The third-order valence-electron chi connectivity index (χ3n) is 16.6. The van der Waals surface area contributed by atoms with Crippen LogP contribution in [0.5, 0.6) is 0 Å². The van der Waals surface area contributed by atoms with Crippen LogP contribution in [0.2, 0.25) is 0 Å². The van der Waals surface area contributed by atoms with E-state index in [9.17, 15) is 0 Å². The molecule has 0 aromatic heterocycles. The summed E-state index contributed by atoms with van der Waals surface area (Å²) in [5, 5.41) is 11.1. The molecule has 11 aromatic rings. The van der Waals surface area contributed by atoms with Gasteiger partial charge in [-0.15, -0.1) is 0 Å². The van der Waals surface area contributed by atoms with Crippen LogP contribution in [0.1, 0.15) is 26.3 Å². The molecule has 0 atom stereocenters. The van der Waals surface area contributed by atoms with Gasteiger partial charge in [0.15, 0.2) is 16.1 Å². The topological polar surface area (TPSA) is 6.48 Å². The first-order chi connectivity index (χ1) is 36.9. The highest BCUT2D eigenvalue weighted by Gasteiger charge is 2.52. The Morgan fingerprint density at radius 1 is 0.347 bits per heavy atom. The van der Waals surface area contributed by atoms with E-state index >= 15 is 0 Å². The molecule has 356 valence electrons. The molecule has 0 unspecified atom stereocenters. The third-order valence-corrected chi connectivity index (χ3v) is 26.2. The third kappa shape index (κ3) is 6.78. The summed E-state index contributed by atoms with van der Waals surface area (Å²) in [5.41, 5.74) is 15.1. The number of anilines is 6. The average Bonchev–Trinajstić information content (AvgIpc) is 3.81. The van der Waals surface area contributed by atoms with E-state index < -0.39 is 16.1 Å². The molecule has 2 nitrogen and oxygen atoms in total. The Morgan fingerprint density at radius 2 is 0.773 bits per heavy atom. The van der Waals surface area contributed by atoms with Gasteiger partial charge < -0.3 is 9.80 Å². The molecule has 0 saturated heterocycles. The Bertz CT molecular complexity index is 3790. The van der Waals surface area contributed by atoms with Crippen molar-refractivity contribution in [2.24, 2.45) is 0 Å². The van der Waals surface area contributed by atoms with Gasteiger partial charge in [0.1, 0.15) is 0 Å². The predicted octanol–water partition coefficient (Wildman–Crippen LogP) is 9.80. The molecule has 14 rings (SSSR count). The highest BCUT2D eigenvalue weighted by Crippen LogP contribution is 2.46. The number of para-hydroxylation sites is 2. The SMILES string of the molecule is CC(C)(C)c1ccc2c(c1)B1c3cc4c(cc3N(c3ccccc3)c3cc([Si](c5ccccc5)(c5ccccc5)c5ccccc5)cc(c31)N2c1ccccc1)-c1ccccc1[Si]4(c1ccccc1)c1ccccc1. The summed E-state index contributed by atoms with van der Waals surface area (Å²) < 4.78 is 0. The first-order valence-corrected chi connectivity index (χ1v) is 30.5. The highest BCUT2D eigenvalue weighted by molar-refractivity contribution is 7.22. The number of hydrogen-bond acceptors (Lipinski definition) is 2. The van der Waals surface area contributed by atoms with Crippen molar-refractivity contribution in [2.75, 3.05) is 9.80 Å². The van der Waals surface area contributed by atoms with Crippen LogP contribution in [0, 0.1) is 0 Å². The molecule has 0 spiro atoms. The van der Waals surface area contributed by atoms with E-state index in [0.717, 1.165) is 11.4 Å². The lowest BCUT2D eigenvalue weighted by atomic mass is 9.33. The Hall–Kier alpha value is -8.48. The Kier molecular flexibility index (Phi) is 10.6. The summed E-state index contributed by atoms with van der Waals surface area (Å²) >= 11 is 0. The summed E-state index contributed by atoms with van der Waals surface area (Å²) in [5.74, 6) is 0. The summed E-state index contributed by atoms with van der Waals surface area (Å²) in [6, 6.07) is 107. The lowest BCUT2D eigenvalue weighted by Crippen LogP contribution is -2.75. The van der Waals surface area contributed by atoms with Gasteiger partial charge in [-0.05, 0) is 129 Å². The van der Waals surface area contributed by atoms with Crippen LogP contribution < -0.4 is 67.7 Å². The van der Waals surface area contributed by atoms with Crippen LogP contribution in [0.25, 0.3) is 11.1 Å². The van der Waals surface area contributed by atoms with Gasteiger partial charge in [-0.2, -0.15) is 0 Å². The van der Waals surface area contributed by atoms with Gasteiger partial charge in [-0.25, -0.2) is 0 Å². The minimum Gasteiger partial charge on any atom is -0.311 e. The minimum absolute atomic E-state index is 0.0817. The molecule has 0 saturated carbocycles. The molecule has 11 aromatic carbocycles. The predicted molar refractivity (Wildman–Crippen MR) is 325 cm³/mol. The Morgan fingerprint density at radius 3 is 1.27 bits per heavy atom. The van der Waals surface area contributed by atoms with Gasteiger partial charge in [0.25, 0.3) is 6.71 Å². The molecular formula is C70H55BN2Si2. The van der Waals surface area contributed by atoms with Crippen LogP contribution in [-0.4, -0.2) is 22.9 Å². The smallest absolute Gasteiger partial charge is 0.252 e. The second-order valence-corrected chi connectivity index (χ2v) is 29.1. The van der Waals surface area contributed by atoms with Crippen LogP contribution >= 0.6 is 0 Å². The first-order valence-electron chi connectivity index (χ1n) is 26.5. The molecule has 75 heavy (non-hydrogen) atoms. The number of benzene rings is 11. The van der Waals surface area contributed by atoms with Crippen LogP contribution in [0.4, 0.5) is 34.1 Å². The Balaban J connectivity index is 1.17. The van der Waals surface area contributed by atoms with Gasteiger partial charge >= 0.3 is 0 Å². The molecular weight excluding hydrogens is 936 g/mol. The number of nitrogens with zero attached hydrogens (tertiary/aromatic N) is 2.